The topological polar surface area (TPSA) is 97.8 Å². The van der Waals surface area contributed by atoms with Gasteiger partial charge in [-0.25, -0.2) is 8.42 Å². The van der Waals surface area contributed by atoms with E-state index in [-0.39, 0.29) is 23.1 Å². The summed E-state index contributed by atoms with van der Waals surface area (Å²) in [5.74, 6) is 0.296. The zero-order chi connectivity index (χ0) is 18.4. The van der Waals surface area contributed by atoms with Crippen LogP contribution in [0.3, 0.4) is 0 Å². The van der Waals surface area contributed by atoms with Crippen LogP contribution in [-0.2, 0) is 16.9 Å². The molecule has 1 fully saturated rings. The van der Waals surface area contributed by atoms with Crippen molar-refractivity contribution in [1.29, 1.82) is 5.26 Å². The molecule has 0 radical (unpaired) electrons. The van der Waals surface area contributed by atoms with E-state index in [0.717, 1.165) is 17.0 Å². The summed E-state index contributed by atoms with van der Waals surface area (Å²) >= 11 is 1.25. The van der Waals surface area contributed by atoms with E-state index >= 15 is 0 Å². The lowest BCUT2D eigenvalue weighted by molar-refractivity contribution is 0.486. The molecule has 3 rings (SSSR count). The summed E-state index contributed by atoms with van der Waals surface area (Å²) in [5.41, 5.74) is 2.26. The fourth-order valence-electron chi connectivity index (χ4n) is 3.10. The van der Waals surface area contributed by atoms with Gasteiger partial charge in [-0.1, -0.05) is 0 Å². The number of thiazole rings is 1. The predicted molar refractivity (Wildman–Crippen MR) is 96.5 cm³/mol. The van der Waals surface area contributed by atoms with Crippen LogP contribution in [0.1, 0.15) is 29.4 Å². The fraction of sp³-hybridized carbons (Fsp3) is 0.438. The zero-order valence-corrected chi connectivity index (χ0v) is 15.8. The van der Waals surface area contributed by atoms with Crippen molar-refractivity contribution in [1.82, 2.24) is 14.3 Å². The smallest absolute Gasteiger partial charge is 0.268 e. The maximum absolute atomic E-state index is 12.3. The van der Waals surface area contributed by atoms with E-state index in [2.05, 4.69) is 5.10 Å². The van der Waals surface area contributed by atoms with E-state index < -0.39 is 9.84 Å². The van der Waals surface area contributed by atoms with Crippen LogP contribution in [0, 0.1) is 25.2 Å². The second-order valence-electron chi connectivity index (χ2n) is 6.17. The van der Waals surface area contributed by atoms with Gasteiger partial charge in [-0.15, -0.1) is 11.3 Å². The molecular weight excluding hydrogens is 360 g/mol. The number of hydrogen-bond donors (Lipinski definition) is 0. The average molecular weight is 378 g/mol. The highest BCUT2D eigenvalue weighted by molar-refractivity contribution is 7.91. The molecule has 25 heavy (non-hydrogen) atoms. The molecule has 0 bridgehead atoms. The molecule has 0 spiro atoms. The van der Waals surface area contributed by atoms with Crippen molar-refractivity contribution in [2.45, 2.75) is 26.3 Å². The van der Waals surface area contributed by atoms with Crippen molar-refractivity contribution in [3.8, 4) is 6.07 Å². The van der Waals surface area contributed by atoms with E-state index in [1.165, 1.54) is 22.0 Å². The van der Waals surface area contributed by atoms with Crippen LogP contribution in [0.15, 0.2) is 4.79 Å². The van der Waals surface area contributed by atoms with Crippen molar-refractivity contribution >= 4 is 33.3 Å². The average Bonchev–Trinajstić information content (AvgIpc) is 3.13. The molecule has 0 aromatic carbocycles. The molecule has 1 atom stereocenters. The molecule has 7 nitrogen and oxygen atoms in total. The lowest BCUT2D eigenvalue weighted by Crippen LogP contribution is -2.28. The summed E-state index contributed by atoms with van der Waals surface area (Å²) in [6.45, 7) is 3.73. The first-order valence-electron chi connectivity index (χ1n) is 7.77. The summed E-state index contributed by atoms with van der Waals surface area (Å²) in [7, 11) is -1.36. The highest BCUT2D eigenvalue weighted by atomic mass is 32.2. The minimum absolute atomic E-state index is 0.108. The van der Waals surface area contributed by atoms with Gasteiger partial charge in [-0.3, -0.25) is 9.48 Å². The predicted octanol–water partition coefficient (Wildman–Crippen LogP) is -0.247. The molecule has 0 amide bonds. The summed E-state index contributed by atoms with van der Waals surface area (Å²) in [6, 6.07) is 1.79. The number of rotatable bonds is 2. The first-order valence-corrected chi connectivity index (χ1v) is 10.4. The number of aryl methyl sites for hydroxylation is 1. The molecule has 2 aromatic rings. The van der Waals surface area contributed by atoms with E-state index in [1.807, 2.05) is 19.9 Å². The standard InChI is InChI=1S/C16H18N4O3S2/c1-10-13(8-14-16(21)19(3)15(24-14)4-6-17)11(2)20(18-10)12-5-7-25(22,23)9-12/h4,8,12H,5,7,9H2,1-3H3/b14-8-,15-4-/t12-/m1/s1. The van der Waals surface area contributed by atoms with Crippen LogP contribution in [0.4, 0.5) is 0 Å². The Bertz CT molecular complexity index is 1160. The summed E-state index contributed by atoms with van der Waals surface area (Å²) < 4.78 is 27.8. The van der Waals surface area contributed by atoms with Gasteiger partial charge in [0.2, 0.25) is 0 Å². The summed E-state index contributed by atoms with van der Waals surface area (Å²) in [5, 5.41) is 13.3. The Labute approximate surface area is 149 Å². The van der Waals surface area contributed by atoms with E-state index in [9.17, 15) is 13.2 Å². The van der Waals surface area contributed by atoms with Crippen molar-refractivity contribution < 1.29 is 8.42 Å². The third-order valence-corrected chi connectivity index (χ3v) is 7.32. The highest BCUT2D eigenvalue weighted by Crippen LogP contribution is 2.26. The normalized spacial score (nSPS) is 21.0. The number of hydrogen-bond acceptors (Lipinski definition) is 6. The van der Waals surface area contributed by atoms with Gasteiger partial charge < -0.3 is 4.57 Å². The van der Waals surface area contributed by atoms with Crippen LogP contribution < -0.4 is 14.8 Å². The zero-order valence-electron chi connectivity index (χ0n) is 14.2. The third kappa shape index (κ3) is 3.19. The molecule has 1 aliphatic rings. The van der Waals surface area contributed by atoms with Crippen LogP contribution in [0.25, 0.3) is 12.2 Å². The molecule has 0 saturated carbocycles. The Morgan fingerprint density at radius 1 is 1.40 bits per heavy atom. The second-order valence-corrected chi connectivity index (χ2v) is 9.46. The first kappa shape index (κ1) is 17.6. The lowest BCUT2D eigenvalue weighted by Gasteiger charge is -2.10. The summed E-state index contributed by atoms with van der Waals surface area (Å²) in [6.07, 6.45) is 3.68. The molecule has 2 aromatic heterocycles. The largest absolute Gasteiger partial charge is 0.301 e. The quantitative estimate of drug-likeness (QED) is 0.718. The van der Waals surface area contributed by atoms with Crippen molar-refractivity contribution in [3.05, 3.63) is 36.5 Å². The van der Waals surface area contributed by atoms with Crippen molar-refractivity contribution in [2.24, 2.45) is 7.05 Å². The van der Waals surface area contributed by atoms with Gasteiger partial charge >= 0.3 is 0 Å². The van der Waals surface area contributed by atoms with E-state index in [1.54, 1.807) is 17.8 Å². The van der Waals surface area contributed by atoms with Gasteiger partial charge in [-0.05, 0) is 26.3 Å². The molecule has 0 unspecified atom stereocenters. The maximum Gasteiger partial charge on any atom is 0.268 e. The van der Waals surface area contributed by atoms with Crippen LogP contribution >= 0.6 is 11.3 Å². The number of sulfone groups is 1. The maximum atomic E-state index is 12.3. The Balaban J connectivity index is 2.12. The number of nitrogens with zero attached hydrogens (tertiary/aromatic N) is 4. The lowest BCUT2D eigenvalue weighted by atomic mass is 10.2. The fourth-order valence-corrected chi connectivity index (χ4v) is 5.75. The van der Waals surface area contributed by atoms with Crippen LogP contribution in [0.2, 0.25) is 0 Å². The van der Waals surface area contributed by atoms with Gasteiger partial charge in [0.15, 0.2) is 9.84 Å². The molecule has 132 valence electrons. The Morgan fingerprint density at radius 2 is 2.12 bits per heavy atom. The molecule has 9 heteroatoms. The minimum Gasteiger partial charge on any atom is -0.301 e. The molecule has 0 aliphatic carbocycles. The van der Waals surface area contributed by atoms with Gasteiger partial charge in [0.1, 0.15) is 4.66 Å². The number of nitriles is 1. The molecule has 0 N–H and O–H groups in total. The highest BCUT2D eigenvalue weighted by Gasteiger charge is 2.31. The monoisotopic (exact) mass is 378 g/mol. The van der Waals surface area contributed by atoms with Gasteiger partial charge in [0.05, 0.1) is 33.8 Å². The van der Waals surface area contributed by atoms with Crippen LogP contribution in [-0.4, -0.2) is 34.3 Å². The summed E-state index contributed by atoms with van der Waals surface area (Å²) in [4.78, 5) is 12.3. The Morgan fingerprint density at radius 3 is 2.72 bits per heavy atom. The molecule has 1 saturated heterocycles. The van der Waals surface area contributed by atoms with Crippen LogP contribution in [0.5, 0.6) is 0 Å². The third-order valence-electron chi connectivity index (χ3n) is 4.46. The number of aromatic nitrogens is 3. The van der Waals surface area contributed by atoms with E-state index in [0.29, 0.717) is 15.6 Å². The molecular formula is C16H18N4O3S2. The Hall–Kier alpha value is -2.18. The van der Waals surface area contributed by atoms with Crippen molar-refractivity contribution in [2.75, 3.05) is 11.5 Å². The molecule has 1 aliphatic heterocycles. The Kier molecular flexibility index (Phi) is 4.43. The van der Waals surface area contributed by atoms with Crippen molar-refractivity contribution in [3.63, 3.8) is 0 Å². The SMILES string of the molecule is Cc1nn([C@@H]2CCS(=O)(=O)C2)c(C)c1/C=c1\s/c(=C\C#N)n(C)c1=O. The van der Waals surface area contributed by atoms with E-state index in [4.69, 9.17) is 5.26 Å². The van der Waals surface area contributed by atoms with Gasteiger partial charge in [0.25, 0.3) is 5.56 Å². The second kappa shape index (κ2) is 6.28. The van der Waals surface area contributed by atoms with Gasteiger partial charge in [0, 0.05) is 24.4 Å². The van der Waals surface area contributed by atoms with Gasteiger partial charge in [-0.2, -0.15) is 10.4 Å². The minimum atomic E-state index is -3.00. The molecule has 3 heterocycles. The first-order chi connectivity index (χ1) is 11.7.